The smallest absolute Gasteiger partial charge is 0.364 e. The summed E-state index contributed by atoms with van der Waals surface area (Å²) in [6, 6.07) is 4.77. The molecule has 3 N–H and O–H groups in total. The molecule has 22 heavy (non-hydrogen) atoms. The Bertz CT molecular complexity index is 841. The second kappa shape index (κ2) is 5.13. The molecule has 1 amide bonds. The number of nitrogens with zero attached hydrogens (tertiary/aromatic N) is 1. The van der Waals surface area contributed by atoms with Crippen LogP contribution in [0.4, 0.5) is 13.2 Å². The van der Waals surface area contributed by atoms with Crippen LogP contribution in [0.3, 0.4) is 0 Å². The first-order chi connectivity index (χ1) is 10.0. The van der Waals surface area contributed by atoms with Gasteiger partial charge in [0.1, 0.15) is 5.69 Å². The Morgan fingerprint density at radius 2 is 1.95 bits per heavy atom. The molecule has 2 rings (SSSR count). The van der Waals surface area contributed by atoms with Gasteiger partial charge in [-0.05, 0) is 17.7 Å². The van der Waals surface area contributed by atoms with E-state index in [2.05, 4.69) is 5.10 Å². The summed E-state index contributed by atoms with van der Waals surface area (Å²) in [5, 5.41) is 5.02. The number of amides is 1. The Morgan fingerprint density at radius 3 is 2.45 bits per heavy atom. The maximum Gasteiger partial charge on any atom is 0.435 e. The fourth-order valence-electron chi connectivity index (χ4n) is 1.89. The Balaban J connectivity index is 2.76. The third kappa shape index (κ3) is 2.96. The van der Waals surface area contributed by atoms with Crippen LogP contribution in [-0.2, 0) is 16.0 Å². The summed E-state index contributed by atoms with van der Waals surface area (Å²) in [4.78, 5) is 11.1. The number of sulfone groups is 1. The molecule has 0 aliphatic heterocycles. The largest absolute Gasteiger partial charge is 0.435 e. The zero-order valence-corrected chi connectivity index (χ0v) is 11.9. The van der Waals surface area contributed by atoms with Crippen LogP contribution in [0, 0.1) is 0 Å². The molecule has 0 aliphatic rings. The van der Waals surface area contributed by atoms with Crippen LogP contribution in [-0.4, -0.2) is 30.8 Å². The Labute approximate surface area is 123 Å². The number of primary amides is 1. The summed E-state index contributed by atoms with van der Waals surface area (Å²) in [7, 11) is -3.63. The summed E-state index contributed by atoms with van der Waals surface area (Å²) < 4.78 is 62.0. The number of carbonyl (C=O) groups is 1. The van der Waals surface area contributed by atoms with Crippen molar-refractivity contribution in [3.05, 3.63) is 35.7 Å². The van der Waals surface area contributed by atoms with Crippen molar-refractivity contribution >= 4 is 15.7 Å². The molecule has 0 fully saturated rings. The number of hydrogen-bond acceptors (Lipinski definition) is 4. The highest BCUT2D eigenvalue weighted by Gasteiger charge is 2.39. The molecule has 1 aromatic carbocycles. The minimum atomic E-state index is -4.83. The first-order valence-electron chi connectivity index (χ1n) is 5.77. The second-order valence-corrected chi connectivity index (χ2v) is 6.50. The normalized spacial score (nSPS) is 12.4. The van der Waals surface area contributed by atoms with Gasteiger partial charge in [-0.1, -0.05) is 12.1 Å². The number of nitrogens with one attached hydrogen (secondary N) is 1. The van der Waals surface area contributed by atoms with Gasteiger partial charge in [-0.25, -0.2) is 8.42 Å². The predicted octanol–water partition coefficient (Wildman–Crippen LogP) is 1.60. The lowest BCUT2D eigenvalue weighted by Crippen LogP contribution is -2.14. The Hall–Kier alpha value is -2.36. The van der Waals surface area contributed by atoms with E-state index in [0.717, 1.165) is 12.3 Å². The van der Waals surface area contributed by atoms with Gasteiger partial charge in [0.15, 0.2) is 15.5 Å². The predicted molar refractivity (Wildman–Crippen MR) is 70.7 cm³/mol. The molecule has 10 heteroatoms. The summed E-state index contributed by atoms with van der Waals surface area (Å²) in [5.41, 5.74) is 2.45. The fraction of sp³-hybridized carbons (Fsp3) is 0.167. The number of nitrogens with two attached hydrogens (primary N) is 1. The van der Waals surface area contributed by atoms with Crippen LogP contribution in [0.5, 0.6) is 0 Å². The van der Waals surface area contributed by atoms with Crippen molar-refractivity contribution in [2.75, 3.05) is 6.26 Å². The molecule has 0 spiro atoms. The molecule has 1 heterocycles. The van der Waals surface area contributed by atoms with Crippen molar-refractivity contribution in [1.29, 1.82) is 0 Å². The summed E-state index contributed by atoms with van der Waals surface area (Å²) >= 11 is 0. The molecule has 0 bridgehead atoms. The third-order valence-electron chi connectivity index (χ3n) is 2.83. The zero-order chi connectivity index (χ0) is 16.7. The highest BCUT2D eigenvalue weighted by Crippen LogP contribution is 2.37. The van der Waals surface area contributed by atoms with E-state index in [0.29, 0.717) is 0 Å². The maximum absolute atomic E-state index is 13.0. The van der Waals surface area contributed by atoms with Crippen molar-refractivity contribution in [2.24, 2.45) is 5.73 Å². The first kappa shape index (κ1) is 16.0. The van der Waals surface area contributed by atoms with E-state index >= 15 is 0 Å². The average Bonchev–Trinajstić information content (AvgIpc) is 2.82. The van der Waals surface area contributed by atoms with Crippen LogP contribution >= 0.6 is 0 Å². The lowest BCUT2D eigenvalue weighted by molar-refractivity contribution is -0.140. The number of carbonyl (C=O) groups excluding carboxylic acids is 1. The van der Waals surface area contributed by atoms with E-state index in [-0.39, 0.29) is 10.5 Å². The van der Waals surface area contributed by atoms with Crippen molar-refractivity contribution < 1.29 is 26.4 Å². The molecule has 6 nitrogen and oxygen atoms in total. The quantitative estimate of drug-likeness (QED) is 0.889. The Kier molecular flexibility index (Phi) is 3.73. The van der Waals surface area contributed by atoms with Gasteiger partial charge in [0.05, 0.1) is 4.90 Å². The van der Waals surface area contributed by atoms with Crippen molar-refractivity contribution in [3.8, 4) is 11.1 Å². The number of benzene rings is 1. The van der Waals surface area contributed by atoms with Crippen LogP contribution < -0.4 is 5.73 Å². The number of halogens is 3. The van der Waals surface area contributed by atoms with Gasteiger partial charge in [0.2, 0.25) is 0 Å². The van der Waals surface area contributed by atoms with E-state index in [1.165, 1.54) is 18.2 Å². The van der Waals surface area contributed by atoms with E-state index in [4.69, 9.17) is 5.73 Å². The zero-order valence-electron chi connectivity index (χ0n) is 11.1. The minimum absolute atomic E-state index is 0.127. The van der Waals surface area contributed by atoms with Crippen molar-refractivity contribution in [1.82, 2.24) is 10.2 Å². The maximum atomic E-state index is 13.0. The minimum Gasteiger partial charge on any atom is -0.364 e. The van der Waals surface area contributed by atoms with Crippen molar-refractivity contribution in [3.63, 3.8) is 0 Å². The second-order valence-electron chi connectivity index (χ2n) is 4.48. The molecular weight excluding hydrogens is 323 g/mol. The van der Waals surface area contributed by atoms with Gasteiger partial charge in [0.25, 0.3) is 5.91 Å². The highest BCUT2D eigenvalue weighted by atomic mass is 32.2. The molecule has 2 aromatic rings. The van der Waals surface area contributed by atoms with Crippen LogP contribution in [0.1, 0.15) is 16.2 Å². The van der Waals surface area contributed by atoms with Crippen LogP contribution in [0.15, 0.2) is 29.2 Å². The number of aromatic amines is 1. The first-order valence-corrected chi connectivity index (χ1v) is 7.67. The van der Waals surface area contributed by atoms with E-state index in [9.17, 15) is 26.4 Å². The molecule has 0 radical (unpaired) electrons. The SMILES string of the molecule is CS(=O)(=O)c1cccc(-c2c(C(F)(F)F)n[nH]c2C(N)=O)c1. The molecule has 0 saturated heterocycles. The van der Waals surface area contributed by atoms with E-state index in [1.807, 2.05) is 5.10 Å². The van der Waals surface area contributed by atoms with E-state index < -0.39 is 38.9 Å². The van der Waals surface area contributed by atoms with Gasteiger partial charge >= 0.3 is 6.18 Å². The van der Waals surface area contributed by atoms with Gasteiger partial charge in [-0.15, -0.1) is 0 Å². The third-order valence-corrected chi connectivity index (χ3v) is 3.94. The Morgan fingerprint density at radius 1 is 1.32 bits per heavy atom. The number of alkyl halides is 3. The molecule has 0 saturated carbocycles. The summed E-state index contributed by atoms with van der Waals surface area (Å²) in [5.74, 6) is -1.14. The number of rotatable bonds is 3. The lowest BCUT2D eigenvalue weighted by Gasteiger charge is -2.08. The molecule has 0 atom stereocenters. The van der Waals surface area contributed by atoms with Gasteiger partial charge in [-0.2, -0.15) is 18.3 Å². The van der Waals surface area contributed by atoms with Crippen molar-refractivity contribution in [2.45, 2.75) is 11.1 Å². The number of hydrogen-bond donors (Lipinski definition) is 2. The van der Waals surface area contributed by atoms with Gasteiger partial charge < -0.3 is 5.73 Å². The van der Waals surface area contributed by atoms with Crippen LogP contribution in [0.2, 0.25) is 0 Å². The molecule has 1 aromatic heterocycles. The van der Waals surface area contributed by atoms with E-state index in [1.54, 1.807) is 0 Å². The average molecular weight is 333 g/mol. The topological polar surface area (TPSA) is 106 Å². The van der Waals surface area contributed by atoms with Gasteiger partial charge in [0, 0.05) is 11.8 Å². The fourth-order valence-corrected chi connectivity index (χ4v) is 2.56. The lowest BCUT2D eigenvalue weighted by atomic mass is 10.0. The molecule has 118 valence electrons. The molecule has 0 aliphatic carbocycles. The molecule has 0 unspecified atom stereocenters. The number of H-pyrrole nitrogens is 1. The van der Waals surface area contributed by atoms with Crippen LogP contribution in [0.25, 0.3) is 11.1 Å². The summed E-state index contributed by atoms with van der Waals surface area (Å²) in [6.07, 6.45) is -3.91. The standard InChI is InChI=1S/C12H10F3N3O3S/c1-22(20,21)7-4-2-3-6(5-7)8-9(11(16)19)17-18-10(8)12(13,14)15/h2-5H,1H3,(H2,16,19)(H,17,18). The molecular formula is C12H10F3N3O3S. The monoisotopic (exact) mass is 333 g/mol. The summed E-state index contributed by atoms with van der Waals surface area (Å²) in [6.45, 7) is 0. The highest BCUT2D eigenvalue weighted by molar-refractivity contribution is 7.90. The van der Waals surface area contributed by atoms with Gasteiger partial charge in [-0.3, -0.25) is 9.89 Å². The number of aromatic nitrogens is 2.